The number of carbonyl (C=O) groups is 1. The van der Waals surface area contributed by atoms with Crippen LogP contribution in [0.4, 0.5) is 0 Å². The van der Waals surface area contributed by atoms with E-state index in [9.17, 15) is 4.79 Å². The van der Waals surface area contributed by atoms with Crippen molar-refractivity contribution in [3.05, 3.63) is 464 Å². The number of nitrogens with zero attached hydrogens (tertiary/aromatic N) is 9. The fourth-order valence-electron chi connectivity index (χ4n) is 17.6. The Hall–Kier alpha value is -13.5. The third kappa shape index (κ3) is 19.7. The molecule has 0 saturated heterocycles. The number of rotatable bonds is 8. The molecule has 0 spiro atoms. The molecule has 0 amide bonds. The van der Waals surface area contributed by atoms with Crippen molar-refractivity contribution in [2.24, 2.45) is 0 Å². The number of carbonyl (C=O) groups excluding carboxylic acids is 1. The van der Waals surface area contributed by atoms with Crippen LogP contribution in [0.25, 0.3) is 161 Å². The molecule has 24 rings (SSSR count). The first-order chi connectivity index (χ1) is 62.6. The van der Waals surface area contributed by atoms with Crippen LogP contribution in [0, 0.1) is 58.0 Å². The van der Waals surface area contributed by atoms with Gasteiger partial charge in [-0.2, -0.15) is 4.40 Å². The summed E-state index contributed by atoms with van der Waals surface area (Å²) in [5, 5.41) is 22.3. The topological polar surface area (TPSA) is 120 Å². The fraction of sp³-hybridized carbons (Fsp3) is 0.0855. The Kier molecular flexibility index (Phi) is 30.5. The number of aryl methyl sites for hydroxylation is 4. The van der Waals surface area contributed by atoms with Gasteiger partial charge in [-0.3, -0.25) is 14.8 Å². The average molecular weight is 2420 g/mol. The van der Waals surface area contributed by atoms with Gasteiger partial charge in [-0.25, -0.2) is 4.57 Å². The van der Waals surface area contributed by atoms with Crippen molar-refractivity contribution >= 4 is 87.2 Å². The first-order valence-electron chi connectivity index (χ1n) is 43.0. The van der Waals surface area contributed by atoms with Crippen LogP contribution in [0.15, 0.2) is 395 Å². The summed E-state index contributed by atoms with van der Waals surface area (Å²) in [5.41, 5.74) is 27.2. The van der Waals surface area contributed by atoms with Crippen LogP contribution < -0.4 is 4.57 Å². The molecular formula is C117H91Ir4N9O2-4. The van der Waals surface area contributed by atoms with E-state index < -0.39 is 0 Å². The molecule has 22 aromatic rings. The van der Waals surface area contributed by atoms with Gasteiger partial charge in [-0.1, -0.05) is 201 Å². The molecule has 2 aliphatic rings. The van der Waals surface area contributed by atoms with E-state index in [2.05, 4.69) is 328 Å². The first-order valence-corrected chi connectivity index (χ1v) is 43.0. The molecule has 0 unspecified atom stereocenters. The Balaban J connectivity index is 0.000000126. The number of pyridine rings is 4. The van der Waals surface area contributed by atoms with E-state index in [0.29, 0.717) is 0 Å². The van der Waals surface area contributed by atoms with E-state index in [4.69, 9.17) is 10.1 Å². The summed E-state index contributed by atoms with van der Waals surface area (Å²) in [7, 11) is 0. The van der Waals surface area contributed by atoms with Crippen LogP contribution in [0.1, 0.15) is 66.6 Å². The number of hydrogen-bond donors (Lipinski definition) is 1. The zero-order valence-corrected chi connectivity index (χ0v) is 83.5. The van der Waals surface area contributed by atoms with Crippen molar-refractivity contribution in [2.45, 2.75) is 67.3 Å². The molecule has 0 fully saturated rings. The van der Waals surface area contributed by atoms with Crippen molar-refractivity contribution in [1.29, 1.82) is 0 Å². The number of ketones is 1. The summed E-state index contributed by atoms with van der Waals surface area (Å²) >= 11 is 0. The zero-order valence-electron chi connectivity index (χ0n) is 73.9. The smallest absolute Gasteiger partial charge is 0.295 e. The molecule has 4 radical (unpaired) electrons. The number of hydrogen-bond acceptors (Lipinski definition) is 7. The second-order valence-electron chi connectivity index (χ2n) is 32.6. The summed E-state index contributed by atoms with van der Waals surface area (Å²) in [6, 6.07) is 135. The van der Waals surface area contributed by atoms with E-state index in [1.807, 2.05) is 165 Å². The minimum absolute atomic E-state index is 0. The van der Waals surface area contributed by atoms with Gasteiger partial charge in [0.15, 0.2) is 11.5 Å². The number of aromatic nitrogens is 9. The summed E-state index contributed by atoms with van der Waals surface area (Å²) in [5.74, 6) is 1.76. The minimum Gasteiger partial charge on any atom is -0.512 e. The Bertz CT molecular complexity index is 7830. The summed E-state index contributed by atoms with van der Waals surface area (Å²) in [6.07, 6.45) is 13.0. The Morgan fingerprint density at radius 3 is 1.61 bits per heavy atom. The zero-order chi connectivity index (χ0) is 87.8. The molecule has 1 aliphatic heterocycles. The van der Waals surface area contributed by atoms with Crippen molar-refractivity contribution in [1.82, 2.24) is 38.5 Å². The number of aliphatic hydroxyl groups excluding tert-OH is 1. The van der Waals surface area contributed by atoms with E-state index in [1.165, 1.54) is 141 Å². The molecule has 0 atom stereocenters. The van der Waals surface area contributed by atoms with Crippen LogP contribution in [-0.4, -0.2) is 49.3 Å². The molecule has 1 N–H and O–H groups in total. The predicted molar refractivity (Wildman–Crippen MR) is 524 cm³/mol. The third-order valence-corrected chi connectivity index (χ3v) is 23.5. The first kappa shape index (κ1) is 94.6. The maximum Gasteiger partial charge on any atom is 0.295 e. The van der Waals surface area contributed by atoms with Crippen molar-refractivity contribution < 1.29 is 94.9 Å². The number of allylic oxidation sites excluding steroid dienone is 2. The van der Waals surface area contributed by atoms with Gasteiger partial charge in [0.1, 0.15) is 18.3 Å². The second-order valence-corrected chi connectivity index (χ2v) is 32.6. The SMILES string of the molecule is CC(=O)C=C(C)O.CC1(C)c2ccc[c-]c2-c2nccc3cccc1c23.Cc1ccc(-c2[c-]cccc2)nc1.Cc1ccc2c(c1)c1cccc3c1c1n2c(-c2c(C)cccc2C)c[n+]1C3.[Ir].[Ir].[Ir].[Ir].[c-]1ccccc1-c1nc2ccccc2n1-c1cccc2ccccc12.[c-]1ccccc1-c1nccc2ccccc12.[c-]1ccccc1-c1nccn1-c1cccc2ccccc12. The standard InChI is InChI=1S/C25H21N2.C23H15N2.C19H13N2.C18H14N.C15H10N.C12H10N.C5H8O2.4Ir/c1-15-10-11-21-20(12-15)19-9-5-8-18-13-26-14-22(27(21)25(26)24(18)19)23-16(2)6-4-7-17(23)3;1-2-10-18(11-3-1)23-24-20-14-6-7-15-22(20)25(23)21-16-8-12-17-9-4-5-13-19(17)21;1-2-8-16(9-3-1)19-20-13-14-21(19)18-12-6-10-15-7-4-5-11-17(15)18;1-18(2)14-8-4-3-7-13(14)17-16-12(10-11-19-17)6-5-9-15(16)18;1-2-7-13(8-3-1)15-14-9-5-4-6-12(14)10-11-16-15;1-10-7-8-12(13-9-10)11-5-3-2-4-6-11;1-4(6)3-5(2)7;;;;/h4-12,14H,13H2,1-3H3;1-10,12-16H;1-8,10-14H;3-6,8-11H,1-2H3;1-7,9-11H;2-5,7-9H,1H3;3,6H,1-2H3;;;;/q+1;5*-1;;;;;. The van der Waals surface area contributed by atoms with Crippen LogP contribution in [0.2, 0.25) is 0 Å². The van der Waals surface area contributed by atoms with Crippen molar-refractivity contribution in [3.63, 3.8) is 0 Å². The molecular weight excluding hydrogens is 2330 g/mol. The monoisotopic (exact) mass is 2430 g/mol. The normalized spacial score (nSPS) is 11.5. The van der Waals surface area contributed by atoms with Gasteiger partial charge in [0.25, 0.3) is 5.65 Å². The largest absolute Gasteiger partial charge is 0.512 e. The Morgan fingerprint density at radius 1 is 0.432 bits per heavy atom. The molecule has 15 aromatic carbocycles. The summed E-state index contributed by atoms with van der Waals surface area (Å²) in [4.78, 5) is 32.8. The molecule has 11 nitrogen and oxygen atoms in total. The molecule has 0 bridgehead atoms. The van der Waals surface area contributed by atoms with Gasteiger partial charge in [0, 0.05) is 162 Å². The number of aliphatic hydroxyl groups is 1. The predicted octanol–water partition coefficient (Wildman–Crippen LogP) is 27.6. The molecule has 0 saturated carbocycles. The van der Waals surface area contributed by atoms with E-state index in [0.717, 1.165) is 85.5 Å². The average Bonchev–Trinajstić information content (AvgIpc) is 1.51. The summed E-state index contributed by atoms with van der Waals surface area (Å²) < 4.78 is 9.28. The van der Waals surface area contributed by atoms with Gasteiger partial charge in [0.2, 0.25) is 0 Å². The fourth-order valence-corrected chi connectivity index (χ4v) is 17.6. The van der Waals surface area contributed by atoms with Gasteiger partial charge >= 0.3 is 0 Å². The van der Waals surface area contributed by atoms with E-state index in [1.54, 1.807) is 0 Å². The molecule has 15 heteroatoms. The molecule has 7 aromatic heterocycles. The third-order valence-electron chi connectivity index (χ3n) is 23.5. The number of para-hydroxylation sites is 2. The second kappa shape index (κ2) is 42.6. The number of fused-ring (bicyclic) bond motifs is 9. The van der Waals surface area contributed by atoms with Crippen LogP contribution in [0.3, 0.4) is 0 Å². The van der Waals surface area contributed by atoms with Gasteiger partial charge in [0.05, 0.1) is 33.8 Å². The van der Waals surface area contributed by atoms with Crippen LogP contribution >= 0.6 is 0 Å². The van der Waals surface area contributed by atoms with Gasteiger partial charge in [-0.15, -0.1) is 179 Å². The number of imidazole rings is 3. The summed E-state index contributed by atoms with van der Waals surface area (Å²) in [6.45, 7) is 17.0. The van der Waals surface area contributed by atoms with E-state index in [-0.39, 0.29) is 97.4 Å². The quantitative estimate of drug-likeness (QED) is 0.0529. The Labute approximate surface area is 823 Å². The van der Waals surface area contributed by atoms with Crippen molar-refractivity contribution in [3.8, 4) is 79.2 Å². The molecule has 656 valence electrons. The van der Waals surface area contributed by atoms with Crippen LogP contribution in [0.5, 0.6) is 0 Å². The number of benzene rings is 15. The van der Waals surface area contributed by atoms with Crippen LogP contribution in [-0.2, 0) is 97.2 Å². The van der Waals surface area contributed by atoms with Gasteiger partial charge in [-0.05, 0) is 167 Å². The van der Waals surface area contributed by atoms with Gasteiger partial charge < -0.3 is 29.2 Å². The maximum atomic E-state index is 10.0. The van der Waals surface area contributed by atoms with Crippen molar-refractivity contribution in [2.75, 3.05) is 0 Å². The molecule has 132 heavy (non-hydrogen) atoms. The van der Waals surface area contributed by atoms with E-state index >= 15 is 0 Å². The molecule has 8 heterocycles. The minimum atomic E-state index is -0.125. The Morgan fingerprint density at radius 2 is 0.962 bits per heavy atom. The molecule has 1 aliphatic carbocycles. The maximum absolute atomic E-state index is 10.0.